The molecule has 0 spiro atoms. The van der Waals surface area contributed by atoms with Gasteiger partial charge in [-0.25, -0.2) is 0 Å². The second kappa shape index (κ2) is 12.7. The lowest BCUT2D eigenvalue weighted by molar-refractivity contribution is 0.591. The number of anilines is 9. The van der Waals surface area contributed by atoms with Crippen molar-refractivity contribution in [3.05, 3.63) is 186 Å². The summed E-state index contributed by atoms with van der Waals surface area (Å²) in [6, 6.07) is 61.1. The molecule has 0 saturated carbocycles. The third-order valence-corrected chi connectivity index (χ3v) is 11.6. The number of nitrogens with zero attached hydrogens (tertiary/aromatic N) is 3. The molecule has 1 aliphatic heterocycles. The third-order valence-electron chi connectivity index (χ3n) is 11.6. The van der Waals surface area contributed by atoms with E-state index in [4.69, 9.17) is 0 Å². The Morgan fingerprint density at radius 3 is 1.25 bits per heavy atom. The standard InChI is InChI=1S/C53H45N3/c1-34-27-35(2)52(36(3)28-34)56-44-21-13-19-42(31-44)54(40-15-9-7-10-16-40)48-33-49(55(41-17-11-8-12-18-41)43-20-14-22-45(56)32-43)47-26-24-38-30-39(53(4,5)6)29-37-23-25-46(48)51(47)50(37)38/h7-33H,1-6H3. The molecule has 10 rings (SSSR count). The first-order valence-corrected chi connectivity index (χ1v) is 19.7. The van der Waals surface area contributed by atoms with E-state index in [1.54, 1.807) is 0 Å². The van der Waals surface area contributed by atoms with Gasteiger partial charge in [0.05, 0.1) is 17.1 Å². The van der Waals surface area contributed by atoms with Crippen molar-refractivity contribution in [2.45, 2.75) is 47.0 Å². The lowest BCUT2D eigenvalue weighted by Crippen LogP contribution is -2.18. The van der Waals surface area contributed by atoms with E-state index in [1.165, 1.54) is 60.3 Å². The first kappa shape index (κ1) is 33.9. The largest absolute Gasteiger partial charge is 0.310 e. The number of rotatable bonds is 3. The Balaban J connectivity index is 1.39. The minimum atomic E-state index is 0.0301. The van der Waals surface area contributed by atoms with Crippen LogP contribution in [0.15, 0.2) is 164 Å². The zero-order valence-electron chi connectivity index (χ0n) is 32.9. The van der Waals surface area contributed by atoms with E-state index in [2.05, 4.69) is 220 Å². The summed E-state index contributed by atoms with van der Waals surface area (Å²) in [6.45, 7) is 13.6. The molecule has 56 heavy (non-hydrogen) atoms. The summed E-state index contributed by atoms with van der Waals surface area (Å²) in [6.07, 6.45) is 0. The monoisotopic (exact) mass is 723 g/mol. The van der Waals surface area contributed by atoms with Crippen LogP contribution in [0.25, 0.3) is 32.3 Å². The summed E-state index contributed by atoms with van der Waals surface area (Å²) in [7, 11) is 0. The number of benzene rings is 9. The molecule has 0 aliphatic carbocycles. The molecule has 0 saturated heterocycles. The molecule has 3 nitrogen and oxygen atoms in total. The lowest BCUT2D eigenvalue weighted by Gasteiger charge is -2.35. The smallest absolute Gasteiger partial charge is 0.0561 e. The van der Waals surface area contributed by atoms with E-state index in [9.17, 15) is 0 Å². The van der Waals surface area contributed by atoms with Crippen LogP contribution < -0.4 is 14.7 Å². The SMILES string of the molecule is Cc1cc(C)c(N2c3cccc(c3)N(c3ccccc3)c3cc(c4ccc5cc(C(C)(C)C)cc6ccc3c4c65)N(c3ccccc3)c3cccc2c3)c(C)c1. The van der Waals surface area contributed by atoms with Crippen LogP contribution in [-0.2, 0) is 5.41 Å². The van der Waals surface area contributed by atoms with Gasteiger partial charge in [-0.3, -0.25) is 0 Å². The van der Waals surface area contributed by atoms with E-state index in [0.717, 1.165) is 45.5 Å². The topological polar surface area (TPSA) is 9.72 Å². The van der Waals surface area contributed by atoms with Gasteiger partial charge in [0.15, 0.2) is 0 Å². The second-order valence-corrected chi connectivity index (χ2v) is 16.5. The molecule has 0 amide bonds. The fraction of sp³-hybridized carbons (Fsp3) is 0.132. The van der Waals surface area contributed by atoms with Crippen molar-refractivity contribution < 1.29 is 0 Å². The van der Waals surface area contributed by atoms with Gasteiger partial charge in [-0.05, 0) is 126 Å². The highest BCUT2D eigenvalue weighted by Crippen LogP contribution is 2.52. The van der Waals surface area contributed by atoms with Gasteiger partial charge in [0, 0.05) is 50.3 Å². The summed E-state index contributed by atoms with van der Waals surface area (Å²) < 4.78 is 0. The molecule has 0 fully saturated rings. The van der Waals surface area contributed by atoms with Crippen molar-refractivity contribution in [1.29, 1.82) is 0 Å². The summed E-state index contributed by atoms with van der Waals surface area (Å²) in [5.74, 6) is 0. The first-order chi connectivity index (χ1) is 27.1. The highest BCUT2D eigenvalue weighted by atomic mass is 15.2. The Hall–Kier alpha value is -6.58. The minimum Gasteiger partial charge on any atom is -0.310 e. The Kier molecular flexibility index (Phi) is 7.73. The third kappa shape index (κ3) is 5.41. The van der Waals surface area contributed by atoms with Gasteiger partial charge >= 0.3 is 0 Å². The molecule has 0 radical (unpaired) electrons. The second-order valence-electron chi connectivity index (χ2n) is 16.5. The molecule has 1 aliphatic rings. The molecule has 6 bridgehead atoms. The van der Waals surface area contributed by atoms with Gasteiger partial charge < -0.3 is 14.7 Å². The van der Waals surface area contributed by atoms with E-state index >= 15 is 0 Å². The van der Waals surface area contributed by atoms with Gasteiger partial charge in [-0.1, -0.05) is 123 Å². The fourth-order valence-corrected chi connectivity index (χ4v) is 9.16. The minimum absolute atomic E-state index is 0.0301. The maximum atomic E-state index is 2.46. The van der Waals surface area contributed by atoms with Crippen molar-refractivity contribution >= 4 is 83.5 Å². The number of hydrogen-bond acceptors (Lipinski definition) is 3. The zero-order valence-corrected chi connectivity index (χ0v) is 32.9. The zero-order chi connectivity index (χ0) is 38.3. The van der Waals surface area contributed by atoms with E-state index in [-0.39, 0.29) is 5.41 Å². The first-order valence-electron chi connectivity index (χ1n) is 19.7. The predicted molar refractivity (Wildman–Crippen MR) is 241 cm³/mol. The molecule has 272 valence electrons. The van der Waals surface area contributed by atoms with Gasteiger partial charge in [0.1, 0.15) is 0 Å². The maximum absolute atomic E-state index is 2.46. The molecule has 0 unspecified atom stereocenters. The van der Waals surface area contributed by atoms with Crippen LogP contribution in [0.2, 0.25) is 0 Å². The van der Waals surface area contributed by atoms with Gasteiger partial charge in [-0.2, -0.15) is 0 Å². The molecular formula is C53H45N3. The van der Waals surface area contributed by atoms with Crippen LogP contribution in [-0.4, -0.2) is 0 Å². The number of fused-ring (bicyclic) bond motifs is 8. The molecular weight excluding hydrogens is 679 g/mol. The summed E-state index contributed by atoms with van der Waals surface area (Å²) in [4.78, 5) is 7.38. The summed E-state index contributed by atoms with van der Waals surface area (Å²) in [5.41, 5.74) is 15.2. The average molecular weight is 724 g/mol. The molecule has 0 aromatic heterocycles. The van der Waals surface area contributed by atoms with Crippen molar-refractivity contribution in [2.24, 2.45) is 0 Å². The Morgan fingerprint density at radius 1 is 0.375 bits per heavy atom. The van der Waals surface area contributed by atoms with Gasteiger partial charge in [-0.15, -0.1) is 0 Å². The Labute approximate surface area is 330 Å². The predicted octanol–water partition coefficient (Wildman–Crippen LogP) is 15.5. The van der Waals surface area contributed by atoms with Crippen LogP contribution in [0.4, 0.5) is 51.2 Å². The maximum Gasteiger partial charge on any atom is 0.0561 e. The van der Waals surface area contributed by atoms with E-state index in [1.807, 2.05) is 0 Å². The highest BCUT2D eigenvalue weighted by Gasteiger charge is 2.28. The molecule has 9 aromatic rings. The lowest BCUT2D eigenvalue weighted by atomic mass is 9.83. The normalized spacial score (nSPS) is 13.1. The molecule has 9 aromatic carbocycles. The van der Waals surface area contributed by atoms with Crippen molar-refractivity contribution in [1.82, 2.24) is 0 Å². The molecule has 1 heterocycles. The number of hydrogen-bond donors (Lipinski definition) is 0. The summed E-state index contributed by atoms with van der Waals surface area (Å²) in [5, 5.41) is 7.59. The Bertz CT molecular complexity index is 2760. The van der Waals surface area contributed by atoms with Crippen LogP contribution in [0.3, 0.4) is 0 Å². The molecule has 0 atom stereocenters. The van der Waals surface area contributed by atoms with Crippen molar-refractivity contribution in [3.8, 4) is 0 Å². The van der Waals surface area contributed by atoms with E-state index in [0.29, 0.717) is 0 Å². The van der Waals surface area contributed by atoms with Crippen molar-refractivity contribution in [3.63, 3.8) is 0 Å². The van der Waals surface area contributed by atoms with Crippen molar-refractivity contribution in [2.75, 3.05) is 14.7 Å². The van der Waals surface area contributed by atoms with Crippen LogP contribution >= 0.6 is 0 Å². The summed E-state index contributed by atoms with van der Waals surface area (Å²) >= 11 is 0. The number of para-hydroxylation sites is 2. The van der Waals surface area contributed by atoms with Gasteiger partial charge in [0.25, 0.3) is 0 Å². The average Bonchev–Trinajstić information content (AvgIpc) is 3.19. The highest BCUT2D eigenvalue weighted by molar-refractivity contribution is 6.29. The Morgan fingerprint density at radius 2 is 0.804 bits per heavy atom. The van der Waals surface area contributed by atoms with Gasteiger partial charge in [0.2, 0.25) is 0 Å². The fourth-order valence-electron chi connectivity index (χ4n) is 9.16. The molecule has 3 heteroatoms. The molecule has 0 N–H and O–H groups in total. The van der Waals surface area contributed by atoms with Crippen LogP contribution in [0.5, 0.6) is 0 Å². The quantitative estimate of drug-likeness (QED) is 0.168. The van der Waals surface area contributed by atoms with Crippen LogP contribution in [0.1, 0.15) is 43.0 Å². The number of aryl methyl sites for hydroxylation is 3. The van der Waals surface area contributed by atoms with E-state index < -0.39 is 0 Å². The van der Waals surface area contributed by atoms with Crippen LogP contribution in [0, 0.1) is 20.8 Å².